The van der Waals surface area contributed by atoms with Gasteiger partial charge >= 0.3 is 5.97 Å². The summed E-state index contributed by atoms with van der Waals surface area (Å²) in [5, 5.41) is 8.98. The van der Waals surface area contributed by atoms with Gasteiger partial charge in [0.2, 0.25) is 12.5 Å². The molecule has 17 heavy (non-hydrogen) atoms. The molecule has 1 atom stereocenters. The van der Waals surface area contributed by atoms with Crippen molar-refractivity contribution in [3.8, 4) is 11.5 Å². The summed E-state index contributed by atoms with van der Waals surface area (Å²) < 4.78 is 24.3. The Labute approximate surface area is 104 Å². The number of nitrogens with two attached hydrogens (primary N) is 1. The van der Waals surface area contributed by atoms with Gasteiger partial charge < -0.3 is 20.3 Å². The topological polar surface area (TPSA) is 81.8 Å². The highest BCUT2D eigenvalue weighted by atomic mass is 79.9. The molecule has 0 radical (unpaired) electrons. The van der Waals surface area contributed by atoms with Gasteiger partial charge in [-0.1, -0.05) is 15.9 Å². The first-order chi connectivity index (χ1) is 8.06. The molecule has 0 fully saturated rings. The maximum Gasteiger partial charge on any atom is 0.312 e. The van der Waals surface area contributed by atoms with E-state index in [0.717, 1.165) is 0 Å². The number of benzene rings is 1. The standard InChI is InChI=1S/C10H9BrFNO4/c11-5-1-6-9(17-3-16-6)8(12)7(5)4(2-13)10(14)15/h1,4H,2-3,13H2,(H,14,15). The van der Waals surface area contributed by atoms with Crippen molar-refractivity contribution in [3.05, 3.63) is 21.9 Å². The highest BCUT2D eigenvalue weighted by molar-refractivity contribution is 9.10. The van der Waals surface area contributed by atoms with Gasteiger partial charge in [-0.15, -0.1) is 0 Å². The van der Waals surface area contributed by atoms with Crippen molar-refractivity contribution < 1.29 is 23.8 Å². The third-order valence-corrected chi connectivity index (χ3v) is 3.13. The van der Waals surface area contributed by atoms with Gasteiger partial charge in [0.15, 0.2) is 11.6 Å². The van der Waals surface area contributed by atoms with E-state index >= 15 is 0 Å². The van der Waals surface area contributed by atoms with Gasteiger partial charge in [-0.3, -0.25) is 4.79 Å². The highest BCUT2D eigenvalue weighted by Crippen LogP contribution is 2.42. The SMILES string of the molecule is NCC(C(=O)O)c1c(Br)cc2c(c1F)OCO2. The van der Waals surface area contributed by atoms with Crippen molar-refractivity contribution in [2.45, 2.75) is 5.92 Å². The van der Waals surface area contributed by atoms with Crippen LogP contribution in [0, 0.1) is 5.82 Å². The number of ether oxygens (including phenoxy) is 2. The van der Waals surface area contributed by atoms with Crippen LogP contribution in [0.2, 0.25) is 0 Å². The van der Waals surface area contributed by atoms with Crippen LogP contribution in [0.25, 0.3) is 0 Å². The predicted octanol–water partition coefficient (Wildman–Crippen LogP) is 1.44. The number of rotatable bonds is 3. The molecule has 0 saturated heterocycles. The number of carboxylic acid groups (broad SMARTS) is 1. The second kappa shape index (κ2) is 4.50. The van der Waals surface area contributed by atoms with Crippen LogP contribution < -0.4 is 15.2 Å². The van der Waals surface area contributed by atoms with E-state index < -0.39 is 17.7 Å². The molecule has 1 heterocycles. The van der Waals surface area contributed by atoms with Crippen LogP contribution in [0.5, 0.6) is 11.5 Å². The summed E-state index contributed by atoms with van der Waals surface area (Å²) in [4.78, 5) is 11.0. The van der Waals surface area contributed by atoms with Gasteiger partial charge in [0.1, 0.15) is 0 Å². The molecule has 5 nitrogen and oxygen atoms in total. The van der Waals surface area contributed by atoms with Crippen LogP contribution in [-0.2, 0) is 4.79 Å². The zero-order valence-electron chi connectivity index (χ0n) is 8.57. The summed E-state index contributed by atoms with van der Waals surface area (Å²) in [6.07, 6.45) is 0. The van der Waals surface area contributed by atoms with E-state index in [0.29, 0.717) is 4.47 Å². The van der Waals surface area contributed by atoms with E-state index in [1.165, 1.54) is 6.07 Å². The van der Waals surface area contributed by atoms with Gasteiger partial charge in [-0.25, -0.2) is 4.39 Å². The first-order valence-corrected chi connectivity index (χ1v) is 5.56. The largest absolute Gasteiger partial charge is 0.481 e. The van der Waals surface area contributed by atoms with Crippen molar-refractivity contribution in [3.63, 3.8) is 0 Å². The molecule has 2 rings (SSSR count). The second-order valence-electron chi connectivity index (χ2n) is 3.45. The highest BCUT2D eigenvalue weighted by Gasteiger charge is 2.30. The minimum Gasteiger partial charge on any atom is -0.481 e. The van der Waals surface area contributed by atoms with Gasteiger partial charge in [-0.2, -0.15) is 0 Å². The first kappa shape index (κ1) is 12.1. The summed E-state index contributed by atoms with van der Waals surface area (Å²) in [6.45, 7) is -0.285. The Bertz CT molecular complexity index is 480. The maximum atomic E-state index is 14.1. The zero-order valence-corrected chi connectivity index (χ0v) is 10.2. The van der Waals surface area contributed by atoms with Crippen LogP contribution in [0.15, 0.2) is 10.5 Å². The molecular weight excluding hydrogens is 297 g/mol. The van der Waals surface area contributed by atoms with Crippen LogP contribution in [0.4, 0.5) is 4.39 Å². The summed E-state index contributed by atoms with van der Waals surface area (Å²) in [5.74, 6) is -2.88. The van der Waals surface area contributed by atoms with Crippen LogP contribution >= 0.6 is 15.9 Å². The van der Waals surface area contributed by atoms with E-state index in [1.54, 1.807) is 0 Å². The Balaban J connectivity index is 2.58. The molecule has 1 unspecified atom stereocenters. The van der Waals surface area contributed by atoms with Crippen molar-refractivity contribution >= 4 is 21.9 Å². The summed E-state index contributed by atoms with van der Waals surface area (Å²) in [7, 11) is 0. The average Bonchev–Trinajstić information content (AvgIpc) is 2.71. The molecule has 1 aliphatic rings. The first-order valence-electron chi connectivity index (χ1n) is 4.76. The lowest BCUT2D eigenvalue weighted by molar-refractivity contribution is -0.138. The summed E-state index contributed by atoms with van der Waals surface area (Å²) >= 11 is 3.12. The van der Waals surface area contributed by atoms with E-state index in [4.69, 9.17) is 20.3 Å². The normalized spacial score (nSPS) is 14.8. The lowest BCUT2D eigenvalue weighted by Gasteiger charge is -2.14. The van der Waals surface area contributed by atoms with E-state index in [-0.39, 0.29) is 30.4 Å². The third kappa shape index (κ3) is 1.96. The van der Waals surface area contributed by atoms with Crippen LogP contribution in [0.3, 0.4) is 0 Å². The Hall–Kier alpha value is -1.34. The van der Waals surface area contributed by atoms with Crippen molar-refractivity contribution in [1.29, 1.82) is 0 Å². The monoisotopic (exact) mass is 305 g/mol. The van der Waals surface area contributed by atoms with E-state index in [1.807, 2.05) is 0 Å². The quantitative estimate of drug-likeness (QED) is 0.883. The second-order valence-corrected chi connectivity index (χ2v) is 4.30. The molecule has 0 amide bonds. The molecular formula is C10H9BrFNO4. The number of hydrogen-bond acceptors (Lipinski definition) is 4. The molecule has 1 aliphatic heterocycles. The predicted molar refractivity (Wildman–Crippen MR) is 59.7 cm³/mol. The smallest absolute Gasteiger partial charge is 0.312 e. The molecule has 0 spiro atoms. The van der Waals surface area contributed by atoms with E-state index in [9.17, 15) is 9.18 Å². The zero-order chi connectivity index (χ0) is 12.6. The third-order valence-electron chi connectivity index (χ3n) is 2.47. The number of hydrogen-bond donors (Lipinski definition) is 2. The fraction of sp³-hybridized carbons (Fsp3) is 0.300. The maximum absolute atomic E-state index is 14.1. The van der Waals surface area contributed by atoms with Gasteiger partial charge in [0, 0.05) is 16.6 Å². The number of fused-ring (bicyclic) bond motifs is 1. The Kier molecular flexibility index (Phi) is 3.21. The van der Waals surface area contributed by atoms with Gasteiger partial charge in [0.05, 0.1) is 5.92 Å². The average molecular weight is 306 g/mol. The minimum atomic E-state index is -1.19. The molecule has 7 heteroatoms. The number of aliphatic carboxylic acids is 1. The number of carboxylic acids is 1. The van der Waals surface area contributed by atoms with Crippen LogP contribution in [-0.4, -0.2) is 24.4 Å². The minimum absolute atomic E-state index is 0.0238. The number of carbonyl (C=O) groups is 1. The Morgan fingerprint density at radius 3 is 2.94 bits per heavy atom. The lowest BCUT2D eigenvalue weighted by atomic mass is 9.98. The molecule has 0 aromatic heterocycles. The number of halogens is 2. The molecule has 1 aromatic carbocycles. The van der Waals surface area contributed by atoms with E-state index in [2.05, 4.69) is 15.9 Å². The lowest BCUT2D eigenvalue weighted by Crippen LogP contribution is -2.22. The van der Waals surface area contributed by atoms with Crippen molar-refractivity contribution in [2.24, 2.45) is 5.73 Å². The van der Waals surface area contributed by atoms with Crippen molar-refractivity contribution in [2.75, 3.05) is 13.3 Å². The molecule has 0 aliphatic carbocycles. The molecule has 92 valence electrons. The van der Waals surface area contributed by atoms with Gasteiger partial charge in [-0.05, 0) is 6.07 Å². The van der Waals surface area contributed by atoms with Crippen molar-refractivity contribution in [1.82, 2.24) is 0 Å². The Morgan fingerprint density at radius 2 is 2.35 bits per heavy atom. The summed E-state index contributed by atoms with van der Waals surface area (Å²) in [6, 6.07) is 1.48. The fourth-order valence-corrected chi connectivity index (χ4v) is 2.31. The molecule has 0 bridgehead atoms. The molecule has 0 saturated carbocycles. The summed E-state index contributed by atoms with van der Waals surface area (Å²) in [5.41, 5.74) is 5.32. The van der Waals surface area contributed by atoms with Crippen LogP contribution in [0.1, 0.15) is 11.5 Å². The fourth-order valence-electron chi connectivity index (χ4n) is 1.65. The Morgan fingerprint density at radius 1 is 1.65 bits per heavy atom. The van der Waals surface area contributed by atoms with Gasteiger partial charge in [0.25, 0.3) is 0 Å². The molecule has 1 aromatic rings. The molecule has 3 N–H and O–H groups in total.